The second-order valence-corrected chi connectivity index (χ2v) is 7.66. The van der Waals surface area contributed by atoms with Crippen LogP contribution in [0.25, 0.3) is 0 Å². The molecule has 1 N–H and O–H groups in total. The largest absolute Gasteiger partial charge is 0.350 e. The van der Waals surface area contributed by atoms with Crippen LogP contribution in [0, 0.1) is 5.92 Å². The molecule has 0 aliphatic carbocycles. The highest BCUT2D eigenvalue weighted by atomic mass is 32.2. The molecule has 0 saturated carbocycles. The predicted molar refractivity (Wildman–Crippen MR) is 80.6 cm³/mol. The Kier molecular flexibility index (Phi) is 5.74. The minimum atomic E-state index is -3.29. The minimum absolute atomic E-state index is 0.0757. The van der Waals surface area contributed by atoms with Gasteiger partial charge in [-0.1, -0.05) is 19.9 Å². The molecule has 0 spiro atoms. The van der Waals surface area contributed by atoms with Crippen molar-refractivity contribution in [1.29, 1.82) is 0 Å². The number of hydrogen-bond donors (Lipinski definition) is 1. The summed E-state index contributed by atoms with van der Waals surface area (Å²) in [4.78, 5) is 12.2. The van der Waals surface area contributed by atoms with E-state index in [0.717, 1.165) is 19.1 Å². The fraction of sp³-hybridized carbons (Fsp3) is 0.533. The van der Waals surface area contributed by atoms with E-state index in [1.54, 1.807) is 12.1 Å². The summed E-state index contributed by atoms with van der Waals surface area (Å²) in [5.41, 5.74) is 0.379. The Hall–Kier alpha value is -1.36. The highest BCUT2D eigenvalue weighted by molar-refractivity contribution is 7.90. The average Bonchev–Trinajstić information content (AvgIpc) is 2.35. The maximum absolute atomic E-state index is 12.1. The fourth-order valence-corrected chi connectivity index (χ4v) is 2.50. The van der Waals surface area contributed by atoms with Gasteiger partial charge in [0, 0.05) is 17.9 Å². The first-order valence-electron chi connectivity index (χ1n) is 6.81. The molecule has 0 aliphatic heterocycles. The number of rotatable bonds is 6. The van der Waals surface area contributed by atoms with Gasteiger partial charge in [-0.25, -0.2) is 8.42 Å². The molecule has 0 aromatic heterocycles. The molecule has 112 valence electrons. The highest BCUT2D eigenvalue weighted by Gasteiger charge is 2.13. The second-order valence-electron chi connectivity index (χ2n) is 5.65. The van der Waals surface area contributed by atoms with Gasteiger partial charge in [0.2, 0.25) is 0 Å². The molecule has 0 fully saturated rings. The van der Waals surface area contributed by atoms with Crippen LogP contribution in [0.15, 0.2) is 29.2 Å². The first-order valence-corrected chi connectivity index (χ1v) is 8.70. The predicted octanol–water partition coefficient (Wildman–Crippen LogP) is 2.64. The summed E-state index contributed by atoms with van der Waals surface area (Å²) in [6.45, 7) is 6.24. The van der Waals surface area contributed by atoms with Crippen molar-refractivity contribution in [3.05, 3.63) is 29.8 Å². The Morgan fingerprint density at radius 1 is 1.20 bits per heavy atom. The van der Waals surface area contributed by atoms with Gasteiger partial charge in [0.05, 0.1) is 4.90 Å². The molecule has 0 aliphatic rings. The molecule has 1 amide bonds. The molecule has 5 heteroatoms. The lowest BCUT2D eigenvalue weighted by molar-refractivity contribution is 0.0937. The van der Waals surface area contributed by atoms with Crippen LogP contribution in [0.3, 0.4) is 0 Å². The molecule has 1 aromatic carbocycles. The Morgan fingerprint density at radius 2 is 1.85 bits per heavy atom. The van der Waals surface area contributed by atoms with Gasteiger partial charge >= 0.3 is 0 Å². The van der Waals surface area contributed by atoms with Crippen LogP contribution in [-0.2, 0) is 9.84 Å². The maximum atomic E-state index is 12.1. The monoisotopic (exact) mass is 297 g/mol. The normalized spacial score (nSPS) is 13.2. The van der Waals surface area contributed by atoms with Gasteiger partial charge in [-0.2, -0.15) is 0 Å². The van der Waals surface area contributed by atoms with Crippen molar-refractivity contribution in [2.75, 3.05) is 6.26 Å². The van der Waals surface area contributed by atoms with Crippen LogP contribution >= 0.6 is 0 Å². The lowest BCUT2D eigenvalue weighted by atomic mass is 10.0. The van der Waals surface area contributed by atoms with Crippen LogP contribution in [0.2, 0.25) is 0 Å². The summed E-state index contributed by atoms with van der Waals surface area (Å²) in [5, 5.41) is 2.90. The van der Waals surface area contributed by atoms with Crippen molar-refractivity contribution in [3.8, 4) is 0 Å². The third-order valence-corrected chi connectivity index (χ3v) is 4.19. The zero-order valence-corrected chi connectivity index (χ0v) is 13.3. The number of carbonyl (C=O) groups excluding carboxylic acids is 1. The summed E-state index contributed by atoms with van der Waals surface area (Å²) in [5.74, 6) is 0.370. The van der Waals surface area contributed by atoms with E-state index in [2.05, 4.69) is 19.2 Å². The maximum Gasteiger partial charge on any atom is 0.251 e. The van der Waals surface area contributed by atoms with Gasteiger partial charge in [0.25, 0.3) is 5.91 Å². The van der Waals surface area contributed by atoms with E-state index in [4.69, 9.17) is 0 Å². The fourth-order valence-electron chi connectivity index (χ4n) is 1.83. The van der Waals surface area contributed by atoms with Gasteiger partial charge in [0.1, 0.15) is 0 Å². The van der Waals surface area contributed by atoms with Crippen LogP contribution in [0.5, 0.6) is 0 Å². The van der Waals surface area contributed by atoms with Gasteiger partial charge < -0.3 is 5.32 Å². The molecule has 1 aromatic rings. The lowest BCUT2D eigenvalue weighted by Crippen LogP contribution is -2.32. The summed E-state index contributed by atoms with van der Waals surface area (Å²) < 4.78 is 23.0. The Labute approximate surface area is 121 Å². The first-order chi connectivity index (χ1) is 9.20. The van der Waals surface area contributed by atoms with E-state index < -0.39 is 9.84 Å². The minimum Gasteiger partial charge on any atom is -0.350 e. The van der Waals surface area contributed by atoms with Crippen LogP contribution < -0.4 is 5.32 Å². The van der Waals surface area contributed by atoms with Crippen molar-refractivity contribution in [3.63, 3.8) is 0 Å². The number of hydrogen-bond acceptors (Lipinski definition) is 3. The summed E-state index contributed by atoms with van der Waals surface area (Å²) in [6.07, 6.45) is 3.09. The topological polar surface area (TPSA) is 63.2 Å². The summed E-state index contributed by atoms with van der Waals surface area (Å²) in [7, 11) is -3.29. The third-order valence-electron chi connectivity index (χ3n) is 3.08. The Bertz CT molecular complexity index is 564. The molecule has 0 radical (unpaired) electrons. The van der Waals surface area contributed by atoms with Crippen LogP contribution in [0.4, 0.5) is 0 Å². The van der Waals surface area contributed by atoms with Crippen LogP contribution in [0.1, 0.15) is 44.0 Å². The zero-order valence-electron chi connectivity index (χ0n) is 12.5. The molecule has 1 unspecified atom stereocenters. The number of amides is 1. The third kappa shape index (κ3) is 5.33. The lowest BCUT2D eigenvalue weighted by Gasteiger charge is -2.15. The van der Waals surface area contributed by atoms with E-state index in [-0.39, 0.29) is 16.8 Å². The molecule has 1 atom stereocenters. The Balaban J connectivity index is 2.73. The van der Waals surface area contributed by atoms with Gasteiger partial charge in [0.15, 0.2) is 9.84 Å². The molecule has 20 heavy (non-hydrogen) atoms. The molecule has 1 rings (SSSR count). The quantitative estimate of drug-likeness (QED) is 0.878. The average molecular weight is 297 g/mol. The number of sulfone groups is 1. The van der Waals surface area contributed by atoms with Crippen molar-refractivity contribution in [2.24, 2.45) is 5.92 Å². The van der Waals surface area contributed by atoms with Gasteiger partial charge in [-0.15, -0.1) is 0 Å². The van der Waals surface area contributed by atoms with Gasteiger partial charge in [-0.05, 0) is 43.9 Å². The zero-order chi connectivity index (χ0) is 15.3. The molecule has 4 nitrogen and oxygen atoms in total. The molecule has 0 bridgehead atoms. The van der Waals surface area contributed by atoms with Gasteiger partial charge in [-0.3, -0.25) is 4.79 Å². The van der Waals surface area contributed by atoms with Crippen molar-refractivity contribution in [2.45, 2.75) is 44.6 Å². The van der Waals surface area contributed by atoms with Crippen molar-refractivity contribution in [1.82, 2.24) is 5.32 Å². The van der Waals surface area contributed by atoms with E-state index in [1.165, 1.54) is 12.1 Å². The molecular weight excluding hydrogens is 274 g/mol. The second kappa shape index (κ2) is 6.88. The summed E-state index contributed by atoms with van der Waals surface area (Å²) >= 11 is 0. The number of nitrogens with one attached hydrogen (secondary N) is 1. The molecule has 0 heterocycles. The van der Waals surface area contributed by atoms with Crippen molar-refractivity contribution < 1.29 is 13.2 Å². The standard InChI is InChI=1S/C15H23NO3S/c1-11(2)8-9-12(3)16-15(17)13-6-5-7-14(10-13)20(4,18)19/h5-7,10-12H,8-9H2,1-4H3,(H,16,17). The van der Waals surface area contributed by atoms with E-state index in [1.807, 2.05) is 6.92 Å². The summed E-state index contributed by atoms with van der Waals surface area (Å²) in [6, 6.07) is 6.20. The SMILES string of the molecule is CC(C)CCC(C)NC(=O)c1cccc(S(C)(=O)=O)c1. The van der Waals surface area contributed by atoms with E-state index in [9.17, 15) is 13.2 Å². The van der Waals surface area contributed by atoms with Crippen molar-refractivity contribution >= 4 is 15.7 Å². The number of carbonyl (C=O) groups is 1. The van der Waals surface area contributed by atoms with E-state index >= 15 is 0 Å². The van der Waals surface area contributed by atoms with E-state index in [0.29, 0.717) is 11.5 Å². The Morgan fingerprint density at radius 3 is 2.40 bits per heavy atom. The first kappa shape index (κ1) is 16.7. The molecular formula is C15H23NO3S. The smallest absolute Gasteiger partial charge is 0.251 e. The number of benzene rings is 1. The molecule has 0 saturated heterocycles. The van der Waals surface area contributed by atoms with Crippen LogP contribution in [-0.4, -0.2) is 26.6 Å². The highest BCUT2D eigenvalue weighted by Crippen LogP contribution is 2.12.